The first kappa shape index (κ1) is 16.9. The lowest BCUT2D eigenvalue weighted by atomic mass is 10.1. The van der Waals surface area contributed by atoms with Crippen LogP contribution in [0.4, 0.5) is 5.69 Å². The van der Waals surface area contributed by atoms with E-state index in [0.717, 1.165) is 36.1 Å². The van der Waals surface area contributed by atoms with E-state index in [1.54, 1.807) is 6.07 Å². The van der Waals surface area contributed by atoms with Crippen LogP contribution in [0.15, 0.2) is 42.5 Å². The molecule has 0 spiro atoms. The summed E-state index contributed by atoms with van der Waals surface area (Å²) in [4.78, 5) is 11.8. The molecule has 0 unspecified atom stereocenters. The van der Waals surface area contributed by atoms with Crippen LogP contribution < -0.4 is 5.32 Å². The van der Waals surface area contributed by atoms with E-state index >= 15 is 0 Å². The van der Waals surface area contributed by atoms with Crippen LogP contribution in [0, 0.1) is 0 Å². The van der Waals surface area contributed by atoms with Crippen molar-refractivity contribution in [2.24, 2.45) is 0 Å². The molecule has 0 saturated heterocycles. The largest absolute Gasteiger partial charge is 0.326 e. The number of nitrogens with one attached hydrogen (secondary N) is 1. The number of hydrogen-bond acceptors (Lipinski definition) is 1. The Morgan fingerprint density at radius 3 is 2.27 bits per heavy atom. The summed E-state index contributed by atoms with van der Waals surface area (Å²) >= 11 is 12.0. The van der Waals surface area contributed by atoms with Crippen LogP contribution in [-0.4, -0.2) is 5.91 Å². The zero-order valence-corrected chi connectivity index (χ0v) is 14.0. The first-order valence-electron chi connectivity index (χ1n) is 7.45. The molecule has 116 valence electrons. The van der Waals surface area contributed by atoms with E-state index in [0.29, 0.717) is 16.5 Å². The van der Waals surface area contributed by atoms with Gasteiger partial charge in [0.15, 0.2) is 0 Å². The molecule has 1 N–H and O–H groups in total. The lowest BCUT2D eigenvalue weighted by Crippen LogP contribution is -2.10. The molecule has 2 nitrogen and oxygen atoms in total. The van der Waals surface area contributed by atoms with E-state index < -0.39 is 0 Å². The fourth-order valence-electron chi connectivity index (χ4n) is 2.18. The Morgan fingerprint density at radius 1 is 0.955 bits per heavy atom. The smallest absolute Gasteiger partial charge is 0.224 e. The van der Waals surface area contributed by atoms with Crippen molar-refractivity contribution in [2.75, 3.05) is 5.32 Å². The predicted molar refractivity (Wildman–Crippen MR) is 94.7 cm³/mol. The van der Waals surface area contributed by atoms with Crippen molar-refractivity contribution in [1.82, 2.24) is 0 Å². The lowest BCUT2D eigenvalue weighted by Gasteiger charge is -2.07. The van der Waals surface area contributed by atoms with Crippen LogP contribution in [-0.2, 0) is 4.79 Å². The van der Waals surface area contributed by atoms with Crippen LogP contribution in [0.3, 0.4) is 0 Å². The van der Waals surface area contributed by atoms with Crippen molar-refractivity contribution >= 4 is 34.8 Å². The number of benzene rings is 2. The predicted octanol–water partition coefficient (Wildman–Crippen LogP) is 6.18. The van der Waals surface area contributed by atoms with Gasteiger partial charge >= 0.3 is 0 Å². The van der Waals surface area contributed by atoms with E-state index in [1.807, 2.05) is 36.4 Å². The van der Waals surface area contributed by atoms with Gasteiger partial charge in [-0.05, 0) is 41.8 Å². The molecule has 2 aromatic rings. The Hall–Kier alpha value is -1.51. The Morgan fingerprint density at radius 2 is 1.64 bits per heavy atom. The molecule has 0 atom stereocenters. The summed E-state index contributed by atoms with van der Waals surface area (Å²) in [5.41, 5.74) is 2.84. The summed E-state index contributed by atoms with van der Waals surface area (Å²) in [6.45, 7) is 2.12. The van der Waals surface area contributed by atoms with Gasteiger partial charge in [0.1, 0.15) is 0 Å². The third-order valence-electron chi connectivity index (χ3n) is 3.43. The molecular weight excluding hydrogens is 317 g/mol. The van der Waals surface area contributed by atoms with Crippen LogP contribution in [0.25, 0.3) is 11.1 Å². The second kappa shape index (κ2) is 8.21. The standard InChI is InChI=1S/C18H19Cl2NO/c1-2-3-4-5-18(22)21-15-9-6-13(7-10-15)14-8-11-16(19)17(20)12-14/h6-12H,2-5H2,1H3,(H,21,22). The summed E-state index contributed by atoms with van der Waals surface area (Å²) in [6, 6.07) is 13.3. The molecule has 4 heteroatoms. The normalized spacial score (nSPS) is 10.5. The van der Waals surface area contributed by atoms with Gasteiger partial charge < -0.3 is 5.32 Å². The molecule has 0 bridgehead atoms. The van der Waals surface area contributed by atoms with Crippen molar-refractivity contribution in [2.45, 2.75) is 32.6 Å². The summed E-state index contributed by atoms with van der Waals surface area (Å²) < 4.78 is 0. The maximum Gasteiger partial charge on any atom is 0.224 e. The van der Waals surface area contributed by atoms with Crippen molar-refractivity contribution in [3.63, 3.8) is 0 Å². The topological polar surface area (TPSA) is 29.1 Å². The van der Waals surface area contributed by atoms with Gasteiger partial charge in [0.25, 0.3) is 0 Å². The molecule has 0 heterocycles. The minimum Gasteiger partial charge on any atom is -0.326 e. The molecule has 1 amide bonds. The molecule has 2 aromatic carbocycles. The molecule has 0 aromatic heterocycles. The van der Waals surface area contributed by atoms with E-state index in [9.17, 15) is 4.79 Å². The average Bonchev–Trinajstić information content (AvgIpc) is 2.51. The van der Waals surface area contributed by atoms with Crippen molar-refractivity contribution in [3.8, 4) is 11.1 Å². The van der Waals surface area contributed by atoms with Gasteiger partial charge in [-0.15, -0.1) is 0 Å². The van der Waals surface area contributed by atoms with Crippen molar-refractivity contribution < 1.29 is 4.79 Å². The number of rotatable bonds is 6. The van der Waals surface area contributed by atoms with E-state index in [1.165, 1.54) is 0 Å². The van der Waals surface area contributed by atoms with E-state index in [2.05, 4.69) is 12.2 Å². The second-order valence-electron chi connectivity index (χ2n) is 5.21. The molecule has 0 aliphatic heterocycles. The third-order valence-corrected chi connectivity index (χ3v) is 4.17. The zero-order chi connectivity index (χ0) is 15.9. The van der Waals surface area contributed by atoms with E-state index in [-0.39, 0.29) is 5.91 Å². The number of anilines is 1. The highest BCUT2D eigenvalue weighted by Crippen LogP contribution is 2.29. The van der Waals surface area contributed by atoms with Gasteiger partial charge in [-0.3, -0.25) is 4.79 Å². The average molecular weight is 336 g/mol. The Bertz CT molecular complexity index is 638. The van der Waals surface area contributed by atoms with Gasteiger partial charge in [0, 0.05) is 12.1 Å². The van der Waals surface area contributed by atoms with Gasteiger partial charge in [-0.25, -0.2) is 0 Å². The summed E-state index contributed by atoms with van der Waals surface area (Å²) in [5.74, 6) is 0.0655. The highest BCUT2D eigenvalue weighted by atomic mass is 35.5. The first-order valence-corrected chi connectivity index (χ1v) is 8.21. The minimum atomic E-state index is 0.0655. The maximum atomic E-state index is 11.8. The fourth-order valence-corrected chi connectivity index (χ4v) is 2.48. The maximum absolute atomic E-state index is 11.8. The number of carbonyl (C=O) groups excluding carboxylic acids is 1. The van der Waals surface area contributed by atoms with Gasteiger partial charge in [0.05, 0.1) is 10.0 Å². The number of halogens is 2. The summed E-state index contributed by atoms with van der Waals surface area (Å²) in [7, 11) is 0. The van der Waals surface area contributed by atoms with Gasteiger partial charge in [-0.2, -0.15) is 0 Å². The quantitative estimate of drug-likeness (QED) is 0.627. The van der Waals surface area contributed by atoms with Crippen LogP contribution in [0.1, 0.15) is 32.6 Å². The molecule has 22 heavy (non-hydrogen) atoms. The second-order valence-corrected chi connectivity index (χ2v) is 6.03. The van der Waals surface area contributed by atoms with Crippen molar-refractivity contribution in [3.05, 3.63) is 52.5 Å². The van der Waals surface area contributed by atoms with Crippen molar-refractivity contribution in [1.29, 1.82) is 0 Å². The molecule has 0 fully saturated rings. The number of carbonyl (C=O) groups is 1. The molecule has 0 saturated carbocycles. The van der Waals surface area contributed by atoms with Gasteiger partial charge in [0.2, 0.25) is 5.91 Å². The molecular formula is C18H19Cl2NO. The highest BCUT2D eigenvalue weighted by Gasteiger charge is 2.04. The fraction of sp³-hybridized carbons (Fsp3) is 0.278. The van der Waals surface area contributed by atoms with Crippen LogP contribution >= 0.6 is 23.2 Å². The van der Waals surface area contributed by atoms with Crippen LogP contribution in [0.5, 0.6) is 0 Å². The third kappa shape index (κ3) is 4.75. The molecule has 0 radical (unpaired) electrons. The first-order chi connectivity index (χ1) is 10.6. The molecule has 0 aliphatic carbocycles. The van der Waals surface area contributed by atoms with Gasteiger partial charge in [-0.1, -0.05) is 61.2 Å². The van der Waals surface area contributed by atoms with Crippen LogP contribution in [0.2, 0.25) is 10.0 Å². The zero-order valence-electron chi connectivity index (χ0n) is 12.5. The summed E-state index contributed by atoms with van der Waals surface area (Å²) in [6.07, 6.45) is 3.71. The Labute approximate surface area is 141 Å². The lowest BCUT2D eigenvalue weighted by molar-refractivity contribution is -0.116. The number of unbranched alkanes of at least 4 members (excludes halogenated alkanes) is 2. The Kier molecular flexibility index (Phi) is 6.29. The SMILES string of the molecule is CCCCCC(=O)Nc1ccc(-c2ccc(Cl)c(Cl)c2)cc1. The highest BCUT2D eigenvalue weighted by molar-refractivity contribution is 6.42. The van der Waals surface area contributed by atoms with E-state index in [4.69, 9.17) is 23.2 Å². The molecule has 0 aliphatic rings. The Balaban J connectivity index is 2.00. The molecule has 2 rings (SSSR count). The summed E-state index contributed by atoms with van der Waals surface area (Å²) in [5, 5.41) is 3.99. The monoisotopic (exact) mass is 335 g/mol. The minimum absolute atomic E-state index is 0.0655. The number of amides is 1. The number of hydrogen-bond donors (Lipinski definition) is 1.